The molecule has 19 heavy (non-hydrogen) atoms. The lowest BCUT2D eigenvalue weighted by Gasteiger charge is -2.20. The van der Waals surface area contributed by atoms with Gasteiger partial charge in [0, 0.05) is 6.42 Å². The van der Waals surface area contributed by atoms with Gasteiger partial charge < -0.3 is 14.8 Å². The Morgan fingerprint density at radius 2 is 2.47 bits per heavy atom. The summed E-state index contributed by atoms with van der Waals surface area (Å²) in [5.74, 6) is 0.648. The van der Waals surface area contributed by atoms with Crippen LogP contribution in [0.15, 0.2) is 34.6 Å². The van der Waals surface area contributed by atoms with Crippen molar-refractivity contribution < 1.29 is 14.3 Å². The van der Waals surface area contributed by atoms with Crippen molar-refractivity contribution in [1.82, 2.24) is 14.8 Å². The Bertz CT molecular complexity index is 642. The van der Waals surface area contributed by atoms with Crippen LogP contribution in [-0.4, -0.2) is 25.8 Å². The molecule has 1 atom stereocenters. The van der Waals surface area contributed by atoms with Crippen LogP contribution in [-0.2, 0) is 11.2 Å². The zero-order valence-corrected chi connectivity index (χ0v) is 10.2. The third kappa shape index (κ3) is 1.88. The number of aryl methyl sites for hydroxylation is 1. The first kappa shape index (κ1) is 11.5. The Kier molecular flexibility index (Phi) is 2.59. The second-order valence-electron chi connectivity index (χ2n) is 4.12. The zero-order valence-electron chi connectivity index (χ0n) is 10.2. The minimum Gasteiger partial charge on any atom is -0.477 e. The molecule has 1 aliphatic rings. The molecule has 2 aromatic heterocycles. The fraction of sp³-hybridized carbons (Fsp3) is 0.250. The number of aromatic nitrogens is 3. The first-order valence-electron chi connectivity index (χ1n) is 5.90. The third-order valence-electron chi connectivity index (χ3n) is 2.89. The standard InChI is InChI=1S/C12H12N4O3/c1-2-10-14-12-13-7(11(17)18)6-8(16(12)15-10)9-4-3-5-19-9/h3-6,8H,2H2,1H3,(H,17,18)(H,13,14,15)/t8-/m0/s1. The van der Waals surface area contributed by atoms with E-state index in [0.717, 1.165) is 0 Å². The van der Waals surface area contributed by atoms with Crippen LogP contribution in [0.2, 0.25) is 0 Å². The van der Waals surface area contributed by atoms with Gasteiger partial charge in [-0.1, -0.05) is 6.92 Å². The highest BCUT2D eigenvalue weighted by molar-refractivity contribution is 5.90. The lowest BCUT2D eigenvalue weighted by Crippen LogP contribution is -2.24. The number of carboxylic acid groups (broad SMARTS) is 1. The molecule has 0 spiro atoms. The zero-order chi connectivity index (χ0) is 13.4. The molecule has 3 rings (SSSR count). The molecule has 0 unspecified atom stereocenters. The van der Waals surface area contributed by atoms with Crippen LogP contribution in [0.1, 0.15) is 24.6 Å². The number of fused-ring (bicyclic) bond motifs is 1. The number of anilines is 1. The number of carbonyl (C=O) groups is 1. The van der Waals surface area contributed by atoms with Gasteiger partial charge in [0.1, 0.15) is 17.5 Å². The van der Waals surface area contributed by atoms with Crippen LogP contribution < -0.4 is 5.32 Å². The Morgan fingerprint density at radius 1 is 1.63 bits per heavy atom. The van der Waals surface area contributed by atoms with E-state index < -0.39 is 12.0 Å². The summed E-state index contributed by atoms with van der Waals surface area (Å²) >= 11 is 0. The number of carboxylic acids is 1. The van der Waals surface area contributed by atoms with E-state index in [9.17, 15) is 4.79 Å². The van der Waals surface area contributed by atoms with Crippen molar-refractivity contribution in [2.75, 3.05) is 5.32 Å². The quantitative estimate of drug-likeness (QED) is 0.866. The van der Waals surface area contributed by atoms with E-state index in [1.54, 1.807) is 29.2 Å². The number of hydrogen-bond acceptors (Lipinski definition) is 5. The Hall–Kier alpha value is -2.57. The summed E-state index contributed by atoms with van der Waals surface area (Å²) in [5, 5.41) is 16.2. The number of hydrogen-bond donors (Lipinski definition) is 2. The molecule has 0 fully saturated rings. The van der Waals surface area contributed by atoms with Gasteiger partial charge in [-0.15, -0.1) is 0 Å². The van der Waals surface area contributed by atoms with Gasteiger partial charge in [0.2, 0.25) is 5.95 Å². The van der Waals surface area contributed by atoms with E-state index in [1.807, 2.05) is 6.92 Å². The van der Waals surface area contributed by atoms with Crippen molar-refractivity contribution in [3.05, 3.63) is 41.8 Å². The van der Waals surface area contributed by atoms with Crippen LogP contribution in [0, 0.1) is 0 Å². The van der Waals surface area contributed by atoms with E-state index in [-0.39, 0.29) is 5.70 Å². The van der Waals surface area contributed by atoms with Crippen molar-refractivity contribution in [2.24, 2.45) is 0 Å². The highest BCUT2D eigenvalue weighted by Gasteiger charge is 2.28. The number of allylic oxidation sites excluding steroid dienone is 1. The van der Waals surface area contributed by atoms with Gasteiger partial charge in [-0.3, -0.25) is 0 Å². The van der Waals surface area contributed by atoms with Gasteiger partial charge in [0.15, 0.2) is 5.82 Å². The summed E-state index contributed by atoms with van der Waals surface area (Å²) in [6, 6.07) is 3.14. The van der Waals surface area contributed by atoms with Gasteiger partial charge in [0.05, 0.1) is 6.26 Å². The molecule has 0 amide bonds. The number of nitrogens with one attached hydrogen (secondary N) is 1. The molecule has 0 aliphatic carbocycles. The topological polar surface area (TPSA) is 93.2 Å². The maximum atomic E-state index is 11.1. The van der Waals surface area contributed by atoms with Crippen molar-refractivity contribution in [3.63, 3.8) is 0 Å². The predicted octanol–water partition coefficient (Wildman–Crippen LogP) is 1.42. The molecular formula is C12H12N4O3. The minimum atomic E-state index is -1.04. The normalized spacial score (nSPS) is 17.5. The number of rotatable bonds is 3. The van der Waals surface area contributed by atoms with E-state index in [1.165, 1.54) is 0 Å². The maximum absolute atomic E-state index is 11.1. The van der Waals surface area contributed by atoms with Crippen molar-refractivity contribution in [2.45, 2.75) is 19.4 Å². The maximum Gasteiger partial charge on any atom is 0.352 e. The van der Waals surface area contributed by atoms with Crippen molar-refractivity contribution in [1.29, 1.82) is 0 Å². The largest absolute Gasteiger partial charge is 0.477 e. The average molecular weight is 260 g/mol. The average Bonchev–Trinajstić information content (AvgIpc) is 3.05. The smallest absolute Gasteiger partial charge is 0.352 e. The minimum absolute atomic E-state index is 0.0731. The molecule has 2 aromatic rings. The monoisotopic (exact) mass is 260 g/mol. The fourth-order valence-corrected chi connectivity index (χ4v) is 1.97. The molecule has 0 bridgehead atoms. The Labute approximate surface area is 108 Å². The van der Waals surface area contributed by atoms with E-state index in [2.05, 4.69) is 15.4 Å². The summed E-state index contributed by atoms with van der Waals surface area (Å²) in [5.41, 5.74) is 0.0731. The van der Waals surface area contributed by atoms with Gasteiger partial charge in [0.25, 0.3) is 0 Å². The van der Waals surface area contributed by atoms with Crippen molar-refractivity contribution >= 4 is 11.9 Å². The Balaban J connectivity index is 2.10. The van der Waals surface area contributed by atoms with Gasteiger partial charge in [-0.05, 0) is 18.2 Å². The van der Waals surface area contributed by atoms with Crippen LogP contribution in [0.25, 0.3) is 0 Å². The van der Waals surface area contributed by atoms with Crippen LogP contribution in [0.3, 0.4) is 0 Å². The third-order valence-corrected chi connectivity index (χ3v) is 2.89. The SMILES string of the molecule is CCc1nc2n(n1)[C@H](c1ccco1)C=C(C(=O)O)N2. The first-order valence-corrected chi connectivity index (χ1v) is 5.90. The number of aliphatic carboxylic acids is 1. The van der Waals surface area contributed by atoms with Gasteiger partial charge in [-0.2, -0.15) is 10.1 Å². The van der Waals surface area contributed by atoms with Crippen LogP contribution in [0.5, 0.6) is 0 Å². The van der Waals surface area contributed by atoms with Crippen molar-refractivity contribution in [3.8, 4) is 0 Å². The summed E-state index contributed by atoms with van der Waals surface area (Å²) in [6.45, 7) is 1.94. The van der Waals surface area contributed by atoms with E-state index in [0.29, 0.717) is 24.0 Å². The van der Waals surface area contributed by atoms with E-state index >= 15 is 0 Å². The first-order chi connectivity index (χ1) is 9.19. The van der Waals surface area contributed by atoms with Crippen LogP contribution in [0.4, 0.5) is 5.95 Å². The van der Waals surface area contributed by atoms with Gasteiger partial charge in [-0.25, -0.2) is 9.48 Å². The summed E-state index contributed by atoms with van der Waals surface area (Å²) in [6.07, 6.45) is 3.78. The summed E-state index contributed by atoms with van der Waals surface area (Å²) in [7, 11) is 0. The molecule has 98 valence electrons. The number of nitrogens with zero attached hydrogens (tertiary/aromatic N) is 3. The molecule has 2 N–H and O–H groups in total. The molecule has 7 heteroatoms. The molecule has 0 radical (unpaired) electrons. The molecule has 3 heterocycles. The predicted molar refractivity (Wildman–Crippen MR) is 65.6 cm³/mol. The van der Waals surface area contributed by atoms with E-state index in [4.69, 9.17) is 9.52 Å². The molecule has 7 nitrogen and oxygen atoms in total. The second-order valence-corrected chi connectivity index (χ2v) is 4.12. The highest BCUT2D eigenvalue weighted by atomic mass is 16.4. The molecule has 1 aliphatic heterocycles. The second kappa shape index (κ2) is 4.27. The van der Waals surface area contributed by atoms with Gasteiger partial charge >= 0.3 is 5.97 Å². The lowest BCUT2D eigenvalue weighted by atomic mass is 10.1. The lowest BCUT2D eigenvalue weighted by molar-refractivity contribution is -0.132. The molecular weight excluding hydrogens is 248 g/mol. The highest BCUT2D eigenvalue weighted by Crippen LogP contribution is 2.29. The summed E-state index contributed by atoms with van der Waals surface area (Å²) < 4.78 is 6.98. The fourth-order valence-electron chi connectivity index (χ4n) is 1.97. The molecule has 0 saturated heterocycles. The number of furan rings is 1. The Morgan fingerprint density at radius 3 is 3.11 bits per heavy atom. The molecule has 0 aromatic carbocycles. The molecule has 0 saturated carbocycles. The summed E-state index contributed by atoms with van der Waals surface area (Å²) in [4.78, 5) is 15.4. The van der Waals surface area contributed by atoms with Crippen LogP contribution >= 0.6 is 0 Å².